The summed E-state index contributed by atoms with van der Waals surface area (Å²) in [7, 11) is 0. The van der Waals surface area contributed by atoms with Crippen molar-refractivity contribution in [2.45, 2.75) is 72.3 Å². The molecule has 1 rings (SSSR count). The number of imidazole rings is 1. The van der Waals surface area contributed by atoms with Crippen molar-refractivity contribution in [2.75, 3.05) is 13.1 Å². The van der Waals surface area contributed by atoms with Gasteiger partial charge in [-0.1, -0.05) is 26.7 Å². The predicted octanol–water partition coefficient (Wildman–Crippen LogP) is 3.79. The number of nitrogens with zero attached hydrogens (tertiary/aromatic N) is 3. The minimum Gasteiger partial charge on any atom is -0.343 e. The first-order chi connectivity index (χ1) is 10.2. The van der Waals surface area contributed by atoms with Crippen LogP contribution in [0.25, 0.3) is 0 Å². The monoisotopic (exact) mass is 293 g/mol. The van der Waals surface area contributed by atoms with Crippen LogP contribution >= 0.6 is 0 Å². The summed E-state index contributed by atoms with van der Waals surface area (Å²) in [6.45, 7) is 9.16. The normalized spacial score (nSPS) is 10.8. The maximum atomic E-state index is 12.1. The van der Waals surface area contributed by atoms with Gasteiger partial charge in [-0.25, -0.2) is 4.98 Å². The molecule has 0 aliphatic carbocycles. The van der Waals surface area contributed by atoms with Crippen LogP contribution < -0.4 is 0 Å². The quantitative estimate of drug-likeness (QED) is 0.582. The summed E-state index contributed by atoms with van der Waals surface area (Å²) in [5.41, 5.74) is 0. The van der Waals surface area contributed by atoms with Crippen molar-refractivity contribution in [3.8, 4) is 0 Å². The molecule has 1 amide bonds. The van der Waals surface area contributed by atoms with Gasteiger partial charge in [0.1, 0.15) is 5.82 Å². The Hall–Kier alpha value is -1.32. The predicted molar refractivity (Wildman–Crippen MR) is 87.2 cm³/mol. The molecule has 0 saturated carbocycles. The largest absolute Gasteiger partial charge is 0.343 e. The lowest BCUT2D eigenvalue weighted by molar-refractivity contribution is -0.131. The fraction of sp³-hybridized carbons (Fsp3) is 0.765. The van der Waals surface area contributed by atoms with Crippen molar-refractivity contribution in [1.82, 2.24) is 14.5 Å². The Labute approximate surface area is 129 Å². The third kappa shape index (κ3) is 6.78. The van der Waals surface area contributed by atoms with Gasteiger partial charge in [0.25, 0.3) is 0 Å². The molecule has 1 heterocycles. The highest BCUT2D eigenvalue weighted by atomic mass is 16.2. The summed E-state index contributed by atoms with van der Waals surface area (Å²) >= 11 is 0. The Morgan fingerprint density at radius 2 is 1.81 bits per heavy atom. The summed E-state index contributed by atoms with van der Waals surface area (Å²) in [6, 6.07) is 0. The first-order valence-corrected chi connectivity index (χ1v) is 8.44. The minimum atomic E-state index is 0.337. The van der Waals surface area contributed by atoms with Crippen LogP contribution in [0, 0.1) is 6.92 Å². The molecular weight excluding hydrogens is 262 g/mol. The van der Waals surface area contributed by atoms with Crippen molar-refractivity contribution in [3.63, 3.8) is 0 Å². The zero-order chi connectivity index (χ0) is 15.5. The fourth-order valence-electron chi connectivity index (χ4n) is 2.61. The summed E-state index contributed by atoms with van der Waals surface area (Å²) in [5, 5.41) is 0. The summed E-state index contributed by atoms with van der Waals surface area (Å²) in [4.78, 5) is 18.3. The smallest absolute Gasteiger partial charge is 0.222 e. The third-order valence-corrected chi connectivity index (χ3v) is 3.80. The Balaban J connectivity index is 2.10. The van der Waals surface area contributed by atoms with Crippen molar-refractivity contribution >= 4 is 5.91 Å². The number of rotatable bonds is 11. The molecule has 0 aliphatic heterocycles. The van der Waals surface area contributed by atoms with Crippen molar-refractivity contribution < 1.29 is 4.79 Å². The lowest BCUT2D eigenvalue weighted by Crippen LogP contribution is -2.32. The highest BCUT2D eigenvalue weighted by Gasteiger charge is 2.10. The van der Waals surface area contributed by atoms with Gasteiger partial charge >= 0.3 is 0 Å². The van der Waals surface area contributed by atoms with Crippen LogP contribution in [0.2, 0.25) is 0 Å². The zero-order valence-electron chi connectivity index (χ0n) is 14.0. The van der Waals surface area contributed by atoms with Crippen LogP contribution in [0.3, 0.4) is 0 Å². The van der Waals surface area contributed by atoms with E-state index in [-0.39, 0.29) is 0 Å². The maximum Gasteiger partial charge on any atom is 0.222 e. The van der Waals surface area contributed by atoms with E-state index in [1.54, 1.807) is 0 Å². The number of unbranched alkanes of at least 4 members (excludes halogenated alkanes) is 3. The standard InChI is InChI=1S/C17H31N3O/c1-4-12-20(13-5-2)17(21)10-8-6-7-9-14-19-15-11-18-16(19)3/h11,15H,4-10,12-14H2,1-3H3. The van der Waals surface area contributed by atoms with Crippen molar-refractivity contribution in [3.05, 3.63) is 18.2 Å². The van der Waals surface area contributed by atoms with Gasteiger partial charge < -0.3 is 9.47 Å². The highest BCUT2D eigenvalue weighted by molar-refractivity contribution is 5.76. The third-order valence-electron chi connectivity index (χ3n) is 3.80. The SMILES string of the molecule is CCCN(CCC)C(=O)CCCCCCn1ccnc1C. The molecule has 0 aliphatic rings. The van der Waals surface area contributed by atoms with E-state index in [0.717, 1.165) is 51.1 Å². The van der Waals surface area contributed by atoms with Crippen molar-refractivity contribution in [2.24, 2.45) is 0 Å². The van der Waals surface area contributed by atoms with Gasteiger partial charge in [-0.3, -0.25) is 4.79 Å². The molecule has 0 aromatic carbocycles. The first-order valence-electron chi connectivity index (χ1n) is 8.44. The molecule has 4 heteroatoms. The summed E-state index contributed by atoms with van der Waals surface area (Å²) in [5.74, 6) is 1.42. The number of hydrogen-bond donors (Lipinski definition) is 0. The lowest BCUT2D eigenvalue weighted by Gasteiger charge is -2.21. The molecule has 4 nitrogen and oxygen atoms in total. The molecule has 0 saturated heterocycles. The number of aromatic nitrogens is 2. The van der Waals surface area contributed by atoms with E-state index in [1.165, 1.54) is 12.8 Å². The average Bonchev–Trinajstić information content (AvgIpc) is 2.87. The number of carbonyl (C=O) groups is 1. The minimum absolute atomic E-state index is 0.337. The van der Waals surface area contributed by atoms with E-state index >= 15 is 0 Å². The second kappa shape index (κ2) is 10.4. The van der Waals surface area contributed by atoms with Gasteiger partial charge in [-0.15, -0.1) is 0 Å². The van der Waals surface area contributed by atoms with Crippen LogP contribution in [0.1, 0.15) is 64.6 Å². The summed E-state index contributed by atoms with van der Waals surface area (Å²) in [6.07, 6.45) is 11.2. The van der Waals surface area contributed by atoms with Gasteiger partial charge in [0, 0.05) is 38.4 Å². The molecule has 0 fully saturated rings. The van der Waals surface area contributed by atoms with Crippen molar-refractivity contribution in [1.29, 1.82) is 0 Å². The summed E-state index contributed by atoms with van der Waals surface area (Å²) < 4.78 is 2.19. The van der Waals surface area contributed by atoms with Gasteiger partial charge in [0.15, 0.2) is 0 Å². The van der Waals surface area contributed by atoms with Gasteiger partial charge in [0.2, 0.25) is 5.91 Å². The Morgan fingerprint density at radius 1 is 1.14 bits per heavy atom. The van der Waals surface area contributed by atoms with Crippen LogP contribution in [0.4, 0.5) is 0 Å². The molecule has 1 aromatic rings. The van der Waals surface area contributed by atoms with Crippen LogP contribution in [-0.4, -0.2) is 33.4 Å². The van der Waals surface area contributed by atoms with Gasteiger partial charge in [0.05, 0.1) is 0 Å². The highest BCUT2D eigenvalue weighted by Crippen LogP contribution is 2.08. The Morgan fingerprint density at radius 3 is 2.38 bits per heavy atom. The molecule has 0 radical (unpaired) electrons. The molecule has 120 valence electrons. The lowest BCUT2D eigenvalue weighted by atomic mass is 10.1. The number of carbonyl (C=O) groups excluding carboxylic acids is 1. The van der Waals surface area contributed by atoms with E-state index in [1.807, 2.05) is 24.2 Å². The van der Waals surface area contributed by atoms with E-state index in [2.05, 4.69) is 23.4 Å². The van der Waals surface area contributed by atoms with E-state index < -0.39 is 0 Å². The average molecular weight is 293 g/mol. The zero-order valence-corrected chi connectivity index (χ0v) is 14.0. The topological polar surface area (TPSA) is 38.1 Å². The molecular formula is C17H31N3O. The molecule has 0 N–H and O–H groups in total. The molecule has 1 aromatic heterocycles. The van der Waals surface area contributed by atoms with E-state index in [4.69, 9.17) is 0 Å². The second-order valence-corrected chi connectivity index (χ2v) is 5.71. The molecule has 0 bridgehead atoms. The van der Waals surface area contributed by atoms with E-state index in [0.29, 0.717) is 12.3 Å². The van der Waals surface area contributed by atoms with E-state index in [9.17, 15) is 4.79 Å². The molecule has 0 spiro atoms. The molecule has 0 unspecified atom stereocenters. The molecule has 21 heavy (non-hydrogen) atoms. The van der Waals surface area contributed by atoms with Gasteiger partial charge in [-0.05, 0) is 32.6 Å². The number of aryl methyl sites for hydroxylation is 2. The molecule has 0 atom stereocenters. The van der Waals surface area contributed by atoms with Gasteiger partial charge in [-0.2, -0.15) is 0 Å². The first kappa shape index (κ1) is 17.7. The van der Waals surface area contributed by atoms with Crippen LogP contribution in [0.15, 0.2) is 12.4 Å². The number of hydrogen-bond acceptors (Lipinski definition) is 2. The van der Waals surface area contributed by atoms with Crippen LogP contribution in [0.5, 0.6) is 0 Å². The Kier molecular flexibility index (Phi) is 8.79. The second-order valence-electron chi connectivity index (χ2n) is 5.71. The maximum absolute atomic E-state index is 12.1. The van der Waals surface area contributed by atoms with Crippen LogP contribution in [-0.2, 0) is 11.3 Å². The fourth-order valence-corrected chi connectivity index (χ4v) is 2.61. The number of amides is 1. The Bertz CT molecular complexity index is 394.